The maximum atomic E-state index is 6.11. The Labute approximate surface area is 151 Å². The van der Waals surface area contributed by atoms with Crippen LogP contribution in [0.1, 0.15) is 99.8 Å². The third kappa shape index (κ3) is 7.84. The van der Waals surface area contributed by atoms with Gasteiger partial charge < -0.3 is 14.2 Å². The minimum absolute atomic E-state index is 0.114. The Bertz CT molecular complexity index is 272. The van der Waals surface area contributed by atoms with Crippen molar-refractivity contribution in [1.29, 1.82) is 0 Å². The van der Waals surface area contributed by atoms with E-state index >= 15 is 0 Å². The molecule has 0 aromatic carbocycles. The van der Waals surface area contributed by atoms with Crippen molar-refractivity contribution in [2.75, 3.05) is 19.8 Å². The van der Waals surface area contributed by atoms with Crippen LogP contribution in [-0.2, 0) is 14.2 Å². The van der Waals surface area contributed by atoms with E-state index in [0.29, 0.717) is 19.8 Å². The predicted octanol–water partition coefficient (Wildman–Crippen LogP) is 6.55. The van der Waals surface area contributed by atoms with E-state index in [2.05, 4.69) is 27.7 Å². The number of hydrogen-bond donors (Lipinski definition) is 0. The van der Waals surface area contributed by atoms with Gasteiger partial charge in [-0.1, -0.05) is 72.6 Å². The van der Waals surface area contributed by atoms with E-state index in [-0.39, 0.29) is 11.3 Å². The molecule has 0 saturated heterocycles. The van der Waals surface area contributed by atoms with Gasteiger partial charge in [-0.05, 0) is 32.6 Å². The smallest absolute Gasteiger partial charge is 0.286 e. The van der Waals surface area contributed by atoms with E-state index in [9.17, 15) is 0 Å². The van der Waals surface area contributed by atoms with E-state index in [1.54, 1.807) is 0 Å². The van der Waals surface area contributed by atoms with Crippen molar-refractivity contribution in [3.05, 3.63) is 0 Å². The molecule has 0 aliphatic rings. The summed E-state index contributed by atoms with van der Waals surface area (Å²) in [7, 11) is 0. The lowest BCUT2D eigenvalue weighted by Gasteiger charge is -2.46. The lowest BCUT2D eigenvalue weighted by atomic mass is 9.72. The van der Waals surface area contributed by atoms with Crippen LogP contribution < -0.4 is 0 Å². The second-order valence-corrected chi connectivity index (χ2v) is 7.35. The first-order valence-electron chi connectivity index (χ1n) is 10.4. The third-order valence-electron chi connectivity index (χ3n) is 5.16. The molecular weight excluding hydrogens is 300 g/mol. The Hall–Kier alpha value is -0.120. The van der Waals surface area contributed by atoms with Gasteiger partial charge in [0.15, 0.2) is 0 Å². The minimum Gasteiger partial charge on any atom is -0.328 e. The van der Waals surface area contributed by atoms with Crippen LogP contribution in [0, 0.1) is 11.3 Å². The highest BCUT2D eigenvalue weighted by atomic mass is 16.9. The van der Waals surface area contributed by atoms with Gasteiger partial charge in [0, 0.05) is 25.7 Å². The zero-order chi connectivity index (χ0) is 18.5. The van der Waals surface area contributed by atoms with E-state index in [0.717, 1.165) is 12.8 Å². The summed E-state index contributed by atoms with van der Waals surface area (Å²) in [5.74, 6) is -0.665. The van der Waals surface area contributed by atoms with Gasteiger partial charge in [-0.25, -0.2) is 0 Å². The molecule has 0 N–H and O–H groups in total. The summed E-state index contributed by atoms with van der Waals surface area (Å²) in [6, 6.07) is 0. The standard InChI is InChI=1S/C21H44O3/c1-8-13-14-15-16-17-18-19(20(6,7)9-2)21(22-10-3,23-11-4)24-12-5/h19H,8-18H2,1-7H3. The van der Waals surface area contributed by atoms with Crippen LogP contribution in [0.15, 0.2) is 0 Å². The van der Waals surface area contributed by atoms with Crippen molar-refractivity contribution >= 4 is 0 Å². The molecule has 146 valence electrons. The molecule has 1 atom stereocenters. The van der Waals surface area contributed by atoms with Crippen molar-refractivity contribution < 1.29 is 14.2 Å². The predicted molar refractivity (Wildman–Crippen MR) is 103 cm³/mol. The Morgan fingerprint density at radius 3 is 1.54 bits per heavy atom. The zero-order valence-corrected chi connectivity index (χ0v) is 17.6. The van der Waals surface area contributed by atoms with Crippen molar-refractivity contribution in [1.82, 2.24) is 0 Å². The molecule has 0 aliphatic carbocycles. The van der Waals surface area contributed by atoms with Gasteiger partial charge in [0.05, 0.1) is 0 Å². The Morgan fingerprint density at radius 1 is 0.667 bits per heavy atom. The molecule has 0 aromatic rings. The highest BCUT2D eigenvalue weighted by Gasteiger charge is 2.48. The van der Waals surface area contributed by atoms with Gasteiger partial charge in [-0.15, -0.1) is 0 Å². The van der Waals surface area contributed by atoms with Crippen LogP contribution in [0.25, 0.3) is 0 Å². The van der Waals surface area contributed by atoms with Gasteiger partial charge in [-0.2, -0.15) is 0 Å². The summed E-state index contributed by atoms with van der Waals surface area (Å²) in [5.41, 5.74) is 0.114. The molecule has 0 fully saturated rings. The van der Waals surface area contributed by atoms with Crippen molar-refractivity contribution in [3.8, 4) is 0 Å². The van der Waals surface area contributed by atoms with Crippen LogP contribution in [0.4, 0.5) is 0 Å². The molecule has 0 bridgehead atoms. The summed E-state index contributed by atoms with van der Waals surface area (Å²) in [4.78, 5) is 0. The van der Waals surface area contributed by atoms with Crippen LogP contribution in [-0.4, -0.2) is 25.8 Å². The highest BCUT2D eigenvalue weighted by Crippen LogP contribution is 2.44. The molecule has 0 amide bonds. The van der Waals surface area contributed by atoms with Gasteiger partial charge in [0.1, 0.15) is 0 Å². The molecule has 3 heteroatoms. The number of hydrogen-bond acceptors (Lipinski definition) is 3. The molecule has 0 aliphatic heterocycles. The molecular formula is C21H44O3. The van der Waals surface area contributed by atoms with Gasteiger partial charge in [-0.3, -0.25) is 0 Å². The fraction of sp³-hybridized carbons (Fsp3) is 1.00. The van der Waals surface area contributed by atoms with Gasteiger partial charge >= 0.3 is 0 Å². The number of ether oxygens (including phenoxy) is 3. The second-order valence-electron chi connectivity index (χ2n) is 7.35. The van der Waals surface area contributed by atoms with Crippen LogP contribution in [0.2, 0.25) is 0 Å². The monoisotopic (exact) mass is 344 g/mol. The first-order valence-corrected chi connectivity index (χ1v) is 10.4. The second kappa shape index (κ2) is 13.1. The maximum Gasteiger partial charge on any atom is 0.286 e. The molecule has 3 nitrogen and oxygen atoms in total. The summed E-state index contributed by atoms with van der Waals surface area (Å²) >= 11 is 0. The molecule has 0 radical (unpaired) electrons. The van der Waals surface area contributed by atoms with Crippen LogP contribution >= 0.6 is 0 Å². The average molecular weight is 345 g/mol. The number of rotatable bonds is 16. The van der Waals surface area contributed by atoms with E-state index in [1.807, 2.05) is 20.8 Å². The zero-order valence-electron chi connectivity index (χ0n) is 17.6. The van der Waals surface area contributed by atoms with Crippen LogP contribution in [0.3, 0.4) is 0 Å². The number of unbranched alkanes of at least 4 members (excludes halogenated alkanes) is 5. The van der Waals surface area contributed by atoms with Crippen LogP contribution in [0.5, 0.6) is 0 Å². The maximum absolute atomic E-state index is 6.11. The fourth-order valence-electron chi connectivity index (χ4n) is 3.45. The fourth-order valence-corrected chi connectivity index (χ4v) is 3.45. The molecule has 1 unspecified atom stereocenters. The average Bonchev–Trinajstić information content (AvgIpc) is 2.54. The molecule has 0 heterocycles. The molecule has 0 aromatic heterocycles. The van der Waals surface area contributed by atoms with E-state index in [1.165, 1.54) is 38.5 Å². The van der Waals surface area contributed by atoms with E-state index < -0.39 is 5.97 Å². The van der Waals surface area contributed by atoms with Gasteiger partial charge in [0.25, 0.3) is 5.97 Å². The summed E-state index contributed by atoms with van der Waals surface area (Å²) < 4.78 is 18.3. The summed E-state index contributed by atoms with van der Waals surface area (Å²) in [6.45, 7) is 17.0. The lowest BCUT2D eigenvalue weighted by Crippen LogP contribution is -2.52. The lowest BCUT2D eigenvalue weighted by molar-refractivity contribution is -0.414. The summed E-state index contributed by atoms with van der Waals surface area (Å²) in [5, 5.41) is 0. The van der Waals surface area contributed by atoms with Crippen molar-refractivity contribution in [2.45, 2.75) is 106 Å². The Balaban J connectivity index is 5.10. The molecule has 0 spiro atoms. The summed E-state index contributed by atoms with van der Waals surface area (Å²) in [6.07, 6.45) is 10.0. The Morgan fingerprint density at radius 2 is 1.12 bits per heavy atom. The topological polar surface area (TPSA) is 27.7 Å². The largest absolute Gasteiger partial charge is 0.328 e. The molecule has 0 saturated carbocycles. The SMILES string of the molecule is CCCCCCCCC(C(C)(C)CC)C(OCC)(OCC)OCC. The van der Waals surface area contributed by atoms with Crippen molar-refractivity contribution in [3.63, 3.8) is 0 Å². The minimum atomic E-state index is -0.902. The third-order valence-corrected chi connectivity index (χ3v) is 5.16. The molecule has 0 rings (SSSR count). The first kappa shape index (κ1) is 23.9. The normalized spacial score (nSPS) is 14.1. The first-order chi connectivity index (χ1) is 11.4. The highest BCUT2D eigenvalue weighted by molar-refractivity contribution is 4.85. The Kier molecular flexibility index (Phi) is 13.1. The van der Waals surface area contributed by atoms with Crippen molar-refractivity contribution in [2.24, 2.45) is 11.3 Å². The molecule has 24 heavy (non-hydrogen) atoms. The van der Waals surface area contributed by atoms with Gasteiger partial charge in [0.2, 0.25) is 0 Å². The quantitative estimate of drug-likeness (QED) is 0.234. The van der Waals surface area contributed by atoms with E-state index in [4.69, 9.17) is 14.2 Å².